The monoisotopic (exact) mass is 325 g/mol. The van der Waals surface area contributed by atoms with E-state index in [2.05, 4.69) is 25.9 Å². The summed E-state index contributed by atoms with van der Waals surface area (Å²) in [4.78, 5) is 17.8. The van der Waals surface area contributed by atoms with Crippen LogP contribution in [-0.2, 0) is 0 Å². The number of benzene rings is 1. The Labute approximate surface area is 116 Å². The second-order valence-electron chi connectivity index (χ2n) is 3.35. The molecule has 98 valence electrons. The van der Waals surface area contributed by atoms with Gasteiger partial charge in [0, 0.05) is 4.47 Å². The summed E-state index contributed by atoms with van der Waals surface area (Å²) in [6.45, 7) is 0. The molecule has 1 heterocycles. The summed E-state index contributed by atoms with van der Waals surface area (Å²) >= 11 is 3.28. The van der Waals surface area contributed by atoms with Crippen molar-refractivity contribution in [2.45, 2.75) is 0 Å². The Hall–Kier alpha value is -2.22. The molecule has 8 heteroatoms. The predicted molar refractivity (Wildman–Crippen MR) is 69.5 cm³/mol. The number of rotatable bonds is 4. The fraction of sp³-hybridized carbons (Fsp3) is 0.0909. The van der Waals surface area contributed by atoms with E-state index in [0.717, 1.165) is 10.8 Å². The van der Waals surface area contributed by atoms with Crippen LogP contribution < -0.4 is 9.47 Å². The molecule has 0 aliphatic carbocycles. The molecular formula is C11H8BrN3O4. The molecule has 0 radical (unpaired) electrons. The number of ether oxygens (including phenoxy) is 2. The molecule has 2 rings (SSSR count). The molecule has 1 aromatic heterocycles. The summed E-state index contributed by atoms with van der Waals surface area (Å²) in [5, 5.41) is 11.0. The standard InChI is InChI=1S/C11H8BrN3O4/c1-18-10-9(15(16)17)11(14-6-13-10)19-8-4-2-3-7(12)5-8/h2-6H,1H3. The molecule has 2 aromatic rings. The lowest BCUT2D eigenvalue weighted by Crippen LogP contribution is -2.01. The van der Waals surface area contributed by atoms with Gasteiger partial charge in [0.15, 0.2) is 0 Å². The van der Waals surface area contributed by atoms with Gasteiger partial charge in [0.05, 0.1) is 12.0 Å². The summed E-state index contributed by atoms with van der Waals surface area (Å²) < 4.78 is 11.0. The zero-order chi connectivity index (χ0) is 13.8. The molecule has 0 unspecified atom stereocenters. The van der Waals surface area contributed by atoms with Crippen molar-refractivity contribution in [2.75, 3.05) is 7.11 Å². The van der Waals surface area contributed by atoms with Crippen LogP contribution in [0.1, 0.15) is 0 Å². The third-order valence-corrected chi connectivity index (χ3v) is 2.63. The van der Waals surface area contributed by atoms with Crippen LogP contribution in [0.15, 0.2) is 35.1 Å². The highest BCUT2D eigenvalue weighted by Gasteiger charge is 2.25. The largest absolute Gasteiger partial charge is 0.476 e. The number of hydrogen-bond donors (Lipinski definition) is 0. The van der Waals surface area contributed by atoms with Gasteiger partial charge in [0.2, 0.25) is 0 Å². The lowest BCUT2D eigenvalue weighted by molar-refractivity contribution is -0.387. The smallest absolute Gasteiger partial charge is 0.392 e. The van der Waals surface area contributed by atoms with Gasteiger partial charge >= 0.3 is 17.4 Å². The van der Waals surface area contributed by atoms with E-state index in [1.165, 1.54) is 7.11 Å². The molecule has 0 saturated heterocycles. The SMILES string of the molecule is COc1ncnc(Oc2cccc(Br)c2)c1[N+](=O)[O-]. The van der Waals surface area contributed by atoms with Gasteiger partial charge in [-0.2, -0.15) is 9.97 Å². The molecule has 0 aliphatic heterocycles. The number of aromatic nitrogens is 2. The molecule has 0 amide bonds. The average molecular weight is 326 g/mol. The first kappa shape index (κ1) is 13.2. The molecule has 0 spiro atoms. The quantitative estimate of drug-likeness (QED) is 0.634. The van der Waals surface area contributed by atoms with Gasteiger partial charge in [0.1, 0.15) is 12.1 Å². The fourth-order valence-corrected chi connectivity index (χ4v) is 1.75. The summed E-state index contributed by atoms with van der Waals surface area (Å²) in [5.74, 6) is 0.0955. The van der Waals surface area contributed by atoms with E-state index in [0.29, 0.717) is 5.75 Å². The van der Waals surface area contributed by atoms with Crippen molar-refractivity contribution in [3.8, 4) is 17.5 Å². The normalized spacial score (nSPS) is 10.0. The zero-order valence-electron chi connectivity index (χ0n) is 9.74. The van der Waals surface area contributed by atoms with E-state index in [4.69, 9.17) is 9.47 Å². The van der Waals surface area contributed by atoms with Gasteiger partial charge in [-0.1, -0.05) is 22.0 Å². The summed E-state index contributed by atoms with van der Waals surface area (Å²) in [5.41, 5.74) is -0.412. The Morgan fingerprint density at radius 2 is 2.05 bits per heavy atom. The van der Waals surface area contributed by atoms with Crippen molar-refractivity contribution in [1.82, 2.24) is 9.97 Å². The fourth-order valence-electron chi connectivity index (χ4n) is 1.37. The Balaban J connectivity index is 2.42. The Bertz CT molecular complexity index is 621. The van der Waals surface area contributed by atoms with Crippen LogP contribution in [0.2, 0.25) is 0 Å². The second kappa shape index (κ2) is 5.61. The maximum atomic E-state index is 11.0. The molecule has 0 bridgehead atoms. The number of methoxy groups -OCH3 is 1. The van der Waals surface area contributed by atoms with E-state index in [-0.39, 0.29) is 11.8 Å². The lowest BCUT2D eigenvalue weighted by Gasteiger charge is -2.06. The van der Waals surface area contributed by atoms with E-state index >= 15 is 0 Å². The van der Waals surface area contributed by atoms with E-state index in [1.54, 1.807) is 18.2 Å². The minimum Gasteiger partial charge on any atom is -0.476 e. The van der Waals surface area contributed by atoms with Crippen molar-refractivity contribution in [1.29, 1.82) is 0 Å². The second-order valence-corrected chi connectivity index (χ2v) is 4.27. The first-order chi connectivity index (χ1) is 9.11. The van der Waals surface area contributed by atoms with Crippen LogP contribution in [-0.4, -0.2) is 22.0 Å². The van der Waals surface area contributed by atoms with Crippen molar-refractivity contribution < 1.29 is 14.4 Å². The Morgan fingerprint density at radius 3 is 2.68 bits per heavy atom. The molecule has 7 nitrogen and oxygen atoms in total. The van der Waals surface area contributed by atoms with Gasteiger partial charge < -0.3 is 9.47 Å². The summed E-state index contributed by atoms with van der Waals surface area (Å²) in [6.07, 6.45) is 1.14. The van der Waals surface area contributed by atoms with E-state index < -0.39 is 10.6 Å². The number of nitro groups is 1. The van der Waals surface area contributed by atoms with Crippen LogP contribution in [0.5, 0.6) is 17.5 Å². The van der Waals surface area contributed by atoms with Gasteiger partial charge in [-0.05, 0) is 18.2 Å². The van der Waals surface area contributed by atoms with Gasteiger partial charge in [0.25, 0.3) is 0 Å². The first-order valence-electron chi connectivity index (χ1n) is 5.08. The third-order valence-electron chi connectivity index (χ3n) is 2.14. The topological polar surface area (TPSA) is 87.4 Å². The summed E-state index contributed by atoms with van der Waals surface area (Å²) in [6, 6.07) is 6.87. The highest BCUT2D eigenvalue weighted by atomic mass is 79.9. The molecule has 0 fully saturated rings. The van der Waals surface area contributed by atoms with Crippen molar-refractivity contribution in [3.63, 3.8) is 0 Å². The number of halogens is 1. The minimum absolute atomic E-state index is 0.148. The molecule has 0 N–H and O–H groups in total. The van der Waals surface area contributed by atoms with E-state index in [1.807, 2.05) is 6.07 Å². The Kier molecular flexibility index (Phi) is 3.91. The first-order valence-corrected chi connectivity index (χ1v) is 5.88. The van der Waals surface area contributed by atoms with Gasteiger partial charge in [-0.25, -0.2) is 0 Å². The van der Waals surface area contributed by atoms with Crippen LogP contribution in [0.25, 0.3) is 0 Å². The molecular weight excluding hydrogens is 318 g/mol. The number of hydrogen-bond acceptors (Lipinski definition) is 6. The third kappa shape index (κ3) is 2.97. The summed E-state index contributed by atoms with van der Waals surface area (Å²) in [7, 11) is 1.29. The zero-order valence-corrected chi connectivity index (χ0v) is 11.3. The molecule has 0 atom stereocenters. The highest BCUT2D eigenvalue weighted by molar-refractivity contribution is 9.10. The molecule has 1 aromatic carbocycles. The lowest BCUT2D eigenvalue weighted by atomic mass is 10.3. The van der Waals surface area contributed by atoms with Crippen molar-refractivity contribution in [2.24, 2.45) is 0 Å². The predicted octanol–water partition coefficient (Wildman–Crippen LogP) is 2.95. The minimum atomic E-state index is -0.647. The number of nitrogens with zero attached hydrogens (tertiary/aromatic N) is 3. The van der Waals surface area contributed by atoms with Gasteiger partial charge in [-0.15, -0.1) is 0 Å². The maximum Gasteiger partial charge on any atom is 0.392 e. The Morgan fingerprint density at radius 1 is 1.32 bits per heavy atom. The van der Waals surface area contributed by atoms with Crippen LogP contribution in [0.3, 0.4) is 0 Å². The molecule has 19 heavy (non-hydrogen) atoms. The molecule has 0 saturated carbocycles. The van der Waals surface area contributed by atoms with Gasteiger partial charge in [-0.3, -0.25) is 10.1 Å². The van der Waals surface area contributed by atoms with Crippen molar-refractivity contribution >= 4 is 21.6 Å². The van der Waals surface area contributed by atoms with Crippen molar-refractivity contribution in [3.05, 3.63) is 45.2 Å². The highest BCUT2D eigenvalue weighted by Crippen LogP contribution is 2.35. The van der Waals surface area contributed by atoms with Crippen LogP contribution in [0.4, 0.5) is 5.69 Å². The van der Waals surface area contributed by atoms with Crippen LogP contribution >= 0.6 is 15.9 Å². The maximum absolute atomic E-state index is 11.0. The van der Waals surface area contributed by atoms with E-state index in [9.17, 15) is 10.1 Å². The molecule has 0 aliphatic rings. The average Bonchev–Trinajstić information content (AvgIpc) is 2.38. The van der Waals surface area contributed by atoms with Crippen LogP contribution in [0, 0.1) is 10.1 Å².